The van der Waals surface area contributed by atoms with Crippen LogP contribution in [0.1, 0.15) is 75.8 Å². The van der Waals surface area contributed by atoms with Crippen LogP contribution < -0.4 is 10.6 Å². The third-order valence-corrected chi connectivity index (χ3v) is 8.40. The van der Waals surface area contributed by atoms with Gasteiger partial charge in [0.1, 0.15) is 11.6 Å². The Morgan fingerprint density at radius 1 is 1.08 bits per heavy atom. The van der Waals surface area contributed by atoms with Gasteiger partial charge < -0.3 is 15.5 Å². The SMILES string of the molecule is CC(C)C(=O)Nc1ccc(F)c(C2CCN(CCCNC(=O)C3(c4ccc(F)cc4Cl)CCCC3)CC2)c1. The van der Waals surface area contributed by atoms with Crippen molar-refractivity contribution in [3.63, 3.8) is 0 Å². The molecule has 2 N–H and O–H groups in total. The van der Waals surface area contributed by atoms with Gasteiger partial charge in [-0.05, 0) is 99.1 Å². The summed E-state index contributed by atoms with van der Waals surface area (Å²) in [5.74, 6) is -0.753. The predicted molar refractivity (Wildman–Crippen MR) is 147 cm³/mol. The quantitative estimate of drug-likeness (QED) is 0.358. The fourth-order valence-electron chi connectivity index (χ4n) is 5.84. The number of rotatable bonds is 9. The van der Waals surface area contributed by atoms with Crippen molar-refractivity contribution in [2.24, 2.45) is 5.92 Å². The van der Waals surface area contributed by atoms with E-state index in [-0.39, 0.29) is 29.5 Å². The number of likely N-dealkylation sites (tertiary alicyclic amines) is 1. The molecule has 2 fully saturated rings. The second-order valence-corrected chi connectivity index (χ2v) is 11.4. The van der Waals surface area contributed by atoms with Gasteiger partial charge in [-0.3, -0.25) is 9.59 Å². The van der Waals surface area contributed by atoms with E-state index in [4.69, 9.17) is 11.6 Å². The van der Waals surface area contributed by atoms with E-state index in [0.29, 0.717) is 22.8 Å². The predicted octanol–water partition coefficient (Wildman–Crippen LogP) is 6.41. The molecule has 1 heterocycles. The maximum absolute atomic E-state index is 14.6. The van der Waals surface area contributed by atoms with Gasteiger partial charge in [-0.1, -0.05) is 44.4 Å². The van der Waals surface area contributed by atoms with Crippen LogP contribution in [0.25, 0.3) is 0 Å². The van der Waals surface area contributed by atoms with Crippen molar-refractivity contribution >= 4 is 29.1 Å². The van der Waals surface area contributed by atoms with Crippen molar-refractivity contribution in [2.45, 2.75) is 70.1 Å². The molecule has 4 rings (SSSR count). The summed E-state index contributed by atoms with van der Waals surface area (Å²) in [5, 5.41) is 6.29. The van der Waals surface area contributed by atoms with Crippen molar-refractivity contribution in [1.82, 2.24) is 10.2 Å². The lowest BCUT2D eigenvalue weighted by Gasteiger charge is -2.33. The third-order valence-electron chi connectivity index (χ3n) is 8.09. The van der Waals surface area contributed by atoms with Crippen molar-refractivity contribution in [3.05, 3.63) is 64.2 Å². The van der Waals surface area contributed by atoms with Crippen molar-refractivity contribution in [3.8, 4) is 0 Å². The average Bonchev–Trinajstić information content (AvgIpc) is 3.39. The van der Waals surface area contributed by atoms with E-state index in [1.165, 1.54) is 18.2 Å². The van der Waals surface area contributed by atoms with E-state index in [1.807, 2.05) is 13.8 Å². The Morgan fingerprint density at radius 2 is 1.79 bits per heavy atom. The Hall–Kier alpha value is -2.51. The highest BCUT2D eigenvalue weighted by atomic mass is 35.5. The average molecular weight is 546 g/mol. The van der Waals surface area contributed by atoms with Gasteiger partial charge in [0.25, 0.3) is 0 Å². The number of carbonyl (C=O) groups excluding carboxylic acids is 2. The van der Waals surface area contributed by atoms with Gasteiger partial charge in [0.2, 0.25) is 11.8 Å². The standard InChI is InChI=1S/C30H38ClF2N3O2/c1-20(2)28(37)35-23-7-9-27(33)24(19-23)21-10-16-36(17-11-21)15-5-14-34-29(38)30(12-3-4-13-30)25-8-6-22(32)18-26(25)31/h6-9,18-21H,3-5,10-17H2,1-2H3,(H,34,38)(H,35,37). The zero-order valence-electron chi connectivity index (χ0n) is 22.3. The molecule has 0 spiro atoms. The molecular weight excluding hydrogens is 508 g/mol. The van der Waals surface area contributed by atoms with Gasteiger partial charge in [-0.25, -0.2) is 8.78 Å². The van der Waals surface area contributed by atoms with E-state index in [2.05, 4.69) is 15.5 Å². The van der Waals surface area contributed by atoms with Gasteiger partial charge in [0.15, 0.2) is 0 Å². The van der Waals surface area contributed by atoms with Crippen LogP contribution in [-0.4, -0.2) is 42.9 Å². The van der Waals surface area contributed by atoms with Crippen LogP contribution >= 0.6 is 11.6 Å². The topological polar surface area (TPSA) is 61.4 Å². The second-order valence-electron chi connectivity index (χ2n) is 11.0. The molecule has 1 aliphatic heterocycles. The van der Waals surface area contributed by atoms with E-state index in [9.17, 15) is 18.4 Å². The maximum atomic E-state index is 14.6. The molecule has 2 amide bonds. The Labute approximate surface area is 229 Å². The number of amides is 2. The number of anilines is 1. The minimum atomic E-state index is -0.684. The highest BCUT2D eigenvalue weighted by Gasteiger charge is 2.43. The van der Waals surface area contributed by atoms with Crippen LogP contribution in [0.3, 0.4) is 0 Å². The molecule has 8 heteroatoms. The summed E-state index contributed by atoms with van der Waals surface area (Å²) in [6.45, 7) is 6.78. The Morgan fingerprint density at radius 3 is 2.45 bits per heavy atom. The molecule has 0 bridgehead atoms. The summed E-state index contributed by atoms with van der Waals surface area (Å²) < 4.78 is 28.2. The number of nitrogens with one attached hydrogen (secondary N) is 2. The highest BCUT2D eigenvalue weighted by Crippen LogP contribution is 2.44. The van der Waals surface area contributed by atoms with E-state index < -0.39 is 11.2 Å². The molecule has 0 unspecified atom stereocenters. The molecule has 1 saturated carbocycles. The fraction of sp³-hybridized carbons (Fsp3) is 0.533. The molecule has 0 atom stereocenters. The fourth-order valence-corrected chi connectivity index (χ4v) is 6.19. The minimum Gasteiger partial charge on any atom is -0.355 e. The molecule has 1 saturated heterocycles. The maximum Gasteiger partial charge on any atom is 0.230 e. The summed E-state index contributed by atoms with van der Waals surface area (Å²) in [7, 11) is 0. The number of nitrogens with zero attached hydrogens (tertiary/aromatic N) is 1. The monoisotopic (exact) mass is 545 g/mol. The summed E-state index contributed by atoms with van der Waals surface area (Å²) in [6, 6.07) is 9.15. The summed E-state index contributed by atoms with van der Waals surface area (Å²) >= 11 is 6.35. The highest BCUT2D eigenvalue weighted by molar-refractivity contribution is 6.31. The molecule has 1 aliphatic carbocycles. The molecule has 38 heavy (non-hydrogen) atoms. The second kappa shape index (κ2) is 12.6. The van der Waals surface area contributed by atoms with Gasteiger partial charge in [-0.15, -0.1) is 0 Å². The Balaban J connectivity index is 1.25. The number of piperidine rings is 1. The van der Waals surface area contributed by atoms with Crippen LogP contribution in [0.15, 0.2) is 36.4 Å². The Bertz CT molecular complexity index is 1140. The molecule has 2 aromatic rings. The first kappa shape index (κ1) is 28.5. The van der Waals surface area contributed by atoms with E-state index >= 15 is 0 Å². The minimum absolute atomic E-state index is 0.0258. The van der Waals surface area contributed by atoms with Crippen LogP contribution in [0.5, 0.6) is 0 Å². The summed E-state index contributed by atoms with van der Waals surface area (Å²) in [6.07, 6.45) is 5.84. The number of carbonyl (C=O) groups is 2. The molecule has 2 aromatic carbocycles. The normalized spacial score (nSPS) is 18.1. The lowest BCUT2D eigenvalue weighted by atomic mass is 9.78. The van der Waals surface area contributed by atoms with Crippen LogP contribution in [0, 0.1) is 17.6 Å². The smallest absolute Gasteiger partial charge is 0.230 e. The van der Waals surface area contributed by atoms with Crippen LogP contribution in [-0.2, 0) is 15.0 Å². The van der Waals surface area contributed by atoms with Gasteiger partial charge in [0.05, 0.1) is 5.41 Å². The zero-order chi connectivity index (χ0) is 27.3. The van der Waals surface area contributed by atoms with E-state index in [0.717, 1.165) is 70.1 Å². The largest absolute Gasteiger partial charge is 0.355 e. The molecule has 2 aliphatic rings. The van der Waals surface area contributed by atoms with Crippen molar-refractivity contribution < 1.29 is 18.4 Å². The first-order chi connectivity index (χ1) is 18.2. The number of hydrogen-bond donors (Lipinski definition) is 2. The first-order valence-corrected chi connectivity index (χ1v) is 14.1. The Kier molecular flexibility index (Phi) is 9.42. The van der Waals surface area contributed by atoms with Gasteiger partial charge in [0, 0.05) is 23.2 Å². The summed E-state index contributed by atoms with van der Waals surface area (Å²) in [4.78, 5) is 27.7. The lowest BCUT2D eigenvalue weighted by molar-refractivity contribution is -0.126. The number of halogens is 3. The van der Waals surface area contributed by atoms with Crippen LogP contribution in [0.2, 0.25) is 5.02 Å². The lowest BCUT2D eigenvalue weighted by Crippen LogP contribution is -2.44. The number of hydrogen-bond acceptors (Lipinski definition) is 3. The zero-order valence-corrected chi connectivity index (χ0v) is 23.1. The van der Waals surface area contributed by atoms with Gasteiger partial charge in [-0.2, -0.15) is 0 Å². The summed E-state index contributed by atoms with van der Waals surface area (Å²) in [5.41, 5.74) is 1.34. The van der Waals surface area contributed by atoms with Crippen molar-refractivity contribution in [2.75, 3.05) is 31.5 Å². The van der Waals surface area contributed by atoms with E-state index in [1.54, 1.807) is 18.2 Å². The molecule has 0 radical (unpaired) electrons. The third kappa shape index (κ3) is 6.55. The van der Waals surface area contributed by atoms with Gasteiger partial charge >= 0.3 is 0 Å². The molecular formula is C30H38ClF2N3O2. The number of benzene rings is 2. The molecule has 0 aromatic heterocycles. The first-order valence-electron chi connectivity index (χ1n) is 13.8. The van der Waals surface area contributed by atoms with Crippen molar-refractivity contribution in [1.29, 1.82) is 0 Å². The van der Waals surface area contributed by atoms with Crippen LogP contribution in [0.4, 0.5) is 14.5 Å². The molecule has 5 nitrogen and oxygen atoms in total. The molecule has 206 valence electrons.